The number of aromatic amines is 1. The van der Waals surface area contributed by atoms with Gasteiger partial charge in [-0.1, -0.05) is 13.8 Å². The lowest BCUT2D eigenvalue weighted by Crippen LogP contribution is -2.28. The van der Waals surface area contributed by atoms with E-state index in [0.717, 1.165) is 0 Å². The molecule has 1 aromatic heterocycles. The van der Waals surface area contributed by atoms with E-state index in [-0.39, 0.29) is 23.5 Å². The highest BCUT2D eigenvalue weighted by atomic mass is 16.6. The minimum absolute atomic E-state index is 0.0921. The van der Waals surface area contributed by atoms with E-state index in [0.29, 0.717) is 0 Å². The first kappa shape index (κ1) is 14.0. The maximum Gasteiger partial charge on any atom is 0.345 e. The van der Waals surface area contributed by atoms with Crippen LogP contribution in [0.25, 0.3) is 0 Å². The van der Waals surface area contributed by atoms with Gasteiger partial charge >= 0.3 is 11.9 Å². The van der Waals surface area contributed by atoms with Crippen molar-refractivity contribution in [2.45, 2.75) is 26.4 Å². The van der Waals surface area contributed by atoms with Crippen LogP contribution in [0.15, 0.2) is 23.1 Å². The molecular weight excluding hydrogens is 238 g/mol. The number of ether oxygens (including phenoxy) is 1. The molecule has 1 rings (SSSR count). The molecule has 0 aliphatic rings. The van der Waals surface area contributed by atoms with E-state index in [4.69, 9.17) is 9.84 Å². The summed E-state index contributed by atoms with van der Waals surface area (Å²) in [5, 5.41) is 8.93. The van der Waals surface area contributed by atoms with E-state index >= 15 is 0 Å². The van der Waals surface area contributed by atoms with Gasteiger partial charge in [0.25, 0.3) is 0 Å². The van der Waals surface area contributed by atoms with Gasteiger partial charge in [-0.15, -0.1) is 0 Å². The summed E-state index contributed by atoms with van der Waals surface area (Å²) in [4.78, 5) is 35.7. The Kier molecular flexibility index (Phi) is 4.65. The molecule has 0 spiro atoms. The Morgan fingerprint density at radius 3 is 2.50 bits per heavy atom. The summed E-state index contributed by atoms with van der Waals surface area (Å²) in [5.74, 6) is -1.85. The molecule has 1 unspecified atom stereocenters. The number of aliphatic carboxylic acids is 1. The second-order valence-electron chi connectivity index (χ2n) is 4.30. The van der Waals surface area contributed by atoms with Gasteiger partial charge in [0.2, 0.25) is 5.56 Å². The van der Waals surface area contributed by atoms with Crippen LogP contribution >= 0.6 is 0 Å². The fourth-order valence-electron chi connectivity index (χ4n) is 1.36. The predicted molar refractivity (Wildman–Crippen MR) is 63.4 cm³/mol. The van der Waals surface area contributed by atoms with Crippen molar-refractivity contribution in [3.63, 3.8) is 0 Å². The van der Waals surface area contributed by atoms with Crippen molar-refractivity contribution in [3.8, 4) is 0 Å². The Bertz CT molecular complexity index is 471. The number of rotatable bonds is 5. The van der Waals surface area contributed by atoms with Crippen molar-refractivity contribution in [2.75, 3.05) is 0 Å². The molecule has 98 valence electrons. The van der Waals surface area contributed by atoms with Gasteiger partial charge in [-0.3, -0.25) is 4.79 Å². The van der Waals surface area contributed by atoms with Gasteiger partial charge in [0.05, 0.1) is 5.56 Å². The average Bonchev–Trinajstić information content (AvgIpc) is 2.28. The third kappa shape index (κ3) is 4.04. The molecule has 0 amide bonds. The maximum absolute atomic E-state index is 11.6. The molecule has 0 radical (unpaired) electrons. The standard InChI is InChI=1S/C12H15NO5/c1-7(2)5-9(11(15)16)18-12(17)8-3-4-10(14)13-6-8/h3-4,6-7,9H,5H2,1-2H3,(H,13,14)(H,15,16). The third-order valence-corrected chi connectivity index (χ3v) is 2.23. The summed E-state index contributed by atoms with van der Waals surface area (Å²) in [6.07, 6.45) is 0.257. The van der Waals surface area contributed by atoms with E-state index in [2.05, 4.69) is 4.98 Å². The Hall–Kier alpha value is -2.11. The molecule has 0 bridgehead atoms. The zero-order chi connectivity index (χ0) is 13.7. The first-order valence-electron chi connectivity index (χ1n) is 5.52. The quantitative estimate of drug-likeness (QED) is 0.764. The minimum Gasteiger partial charge on any atom is -0.479 e. The Morgan fingerprint density at radius 2 is 2.06 bits per heavy atom. The smallest absolute Gasteiger partial charge is 0.345 e. The first-order chi connectivity index (χ1) is 8.40. The van der Waals surface area contributed by atoms with Gasteiger partial charge in [-0.25, -0.2) is 9.59 Å². The van der Waals surface area contributed by atoms with E-state index in [1.807, 2.05) is 13.8 Å². The van der Waals surface area contributed by atoms with Crippen LogP contribution in [0.4, 0.5) is 0 Å². The molecule has 1 aromatic rings. The topological polar surface area (TPSA) is 96.5 Å². The van der Waals surface area contributed by atoms with Gasteiger partial charge < -0.3 is 14.8 Å². The summed E-state index contributed by atoms with van der Waals surface area (Å²) in [6, 6.07) is 2.46. The fraction of sp³-hybridized carbons (Fsp3) is 0.417. The van der Waals surface area contributed by atoms with Crippen molar-refractivity contribution < 1.29 is 19.4 Å². The molecule has 18 heavy (non-hydrogen) atoms. The molecule has 6 heteroatoms. The number of H-pyrrole nitrogens is 1. The van der Waals surface area contributed by atoms with Gasteiger partial charge in [-0.2, -0.15) is 0 Å². The zero-order valence-electron chi connectivity index (χ0n) is 10.2. The summed E-state index contributed by atoms with van der Waals surface area (Å²) in [5.41, 5.74) is -0.229. The highest BCUT2D eigenvalue weighted by Crippen LogP contribution is 2.11. The van der Waals surface area contributed by atoms with Crippen LogP contribution in [0.1, 0.15) is 30.6 Å². The number of carboxylic acids is 1. The third-order valence-electron chi connectivity index (χ3n) is 2.23. The number of esters is 1. The Balaban J connectivity index is 2.75. The van der Waals surface area contributed by atoms with E-state index < -0.39 is 18.0 Å². The van der Waals surface area contributed by atoms with Crippen LogP contribution in [0.3, 0.4) is 0 Å². The minimum atomic E-state index is -1.18. The zero-order valence-corrected chi connectivity index (χ0v) is 10.2. The number of hydrogen-bond acceptors (Lipinski definition) is 4. The van der Waals surface area contributed by atoms with Crippen LogP contribution in [0, 0.1) is 5.92 Å². The molecule has 1 atom stereocenters. The van der Waals surface area contributed by atoms with E-state index in [1.165, 1.54) is 18.3 Å². The molecule has 1 heterocycles. The molecule has 0 aliphatic carbocycles. The van der Waals surface area contributed by atoms with Crippen LogP contribution in [0.2, 0.25) is 0 Å². The highest BCUT2D eigenvalue weighted by Gasteiger charge is 2.24. The lowest BCUT2D eigenvalue weighted by molar-refractivity contribution is -0.148. The van der Waals surface area contributed by atoms with Crippen molar-refractivity contribution in [1.29, 1.82) is 0 Å². The lowest BCUT2D eigenvalue weighted by Gasteiger charge is -2.15. The SMILES string of the molecule is CC(C)CC(OC(=O)c1ccc(=O)[nH]c1)C(=O)O. The second-order valence-corrected chi connectivity index (χ2v) is 4.30. The van der Waals surface area contributed by atoms with Crippen molar-refractivity contribution in [3.05, 3.63) is 34.2 Å². The average molecular weight is 253 g/mol. The number of carboxylic acid groups (broad SMARTS) is 1. The molecule has 0 saturated carbocycles. The van der Waals surface area contributed by atoms with Crippen LogP contribution in [0.5, 0.6) is 0 Å². The Labute approximate surface area is 104 Å². The van der Waals surface area contributed by atoms with Crippen LogP contribution < -0.4 is 5.56 Å². The fourth-order valence-corrected chi connectivity index (χ4v) is 1.36. The van der Waals surface area contributed by atoms with Gasteiger partial charge in [0.1, 0.15) is 0 Å². The number of pyridine rings is 1. The van der Waals surface area contributed by atoms with Crippen molar-refractivity contribution >= 4 is 11.9 Å². The molecule has 0 fully saturated rings. The number of nitrogens with one attached hydrogen (secondary N) is 1. The molecule has 0 aliphatic heterocycles. The number of carbonyl (C=O) groups is 2. The normalized spacial score (nSPS) is 12.2. The predicted octanol–water partition coefficient (Wildman–Crippen LogP) is 1.03. The molecule has 6 nitrogen and oxygen atoms in total. The summed E-state index contributed by atoms with van der Waals surface area (Å²) in [6.45, 7) is 3.67. The maximum atomic E-state index is 11.6. The largest absolute Gasteiger partial charge is 0.479 e. The van der Waals surface area contributed by atoms with Crippen molar-refractivity contribution in [2.24, 2.45) is 5.92 Å². The molecular formula is C12H15NO5. The van der Waals surface area contributed by atoms with Crippen LogP contribution in [-0.2, 0) is 9.53 Å². The van der Waals surface area contributed by atoms with Gasteiger partial charge in [0.15, 0.2) is 6.10 Å². The molecule has 0 aromatic carbocycles. The van der Waals surface area contributed by atoms with E-state index in [9.17, 15) is 14.4 Å². The number of carbonyl (C=O) groups excluding carboxylic acids is 1. The van der Waals surface area contributed by atoms with Gasteiger partial charge in [0, 0.05) is 12.3 Å². The second kappa shape index (κ2) is 6.00. The molecule has 0 saturated heterocycles. The number of hydrogen-bond donors (Lipinski definition) is 2. The number of aromatic nitrogens is 1. The van der Waals surface area contributed by atoms with Crippen LogP contribution in [-0.4, -0.2) is 28.1 Å². The van der Waals surface area contributed by atoms with Gasteiger partial charge in [-0.05, 0) is 18.4 Å². The Morgan fingerprint density at radius 1 is 1.39 bits per heavy atom. The first-order valence-corrected chi connectivity index (χ1v) is 5.52. The van der Waals surface area contributed by atoms with E-state index in [1.54, 1.807) is 0 Å². The summed E-state index contributed by atoms with van der Waals surface area (Å²) in [7, 11) is 0. The lowest BCUT2D eigenvalue weighted by atomic mass is 10.1. The van der Waals surface area contributed by atoms with Crippen molar-refractivity contribution in [1.82, 2.24) is 4.98 Å². The summed E-state index contributed by atoms with van der Waals surface area (Å²) < 4.78 is 4.89. The monoisotopic (exact) mass is 253 g/mol. The summed E-state index contributed by atoms with van der Waals surface area (Å²) >= 11 is 0. The molecule has 2 N–H and O–H groups in total. The highest BCUT2D eigenvalue weighted by molar-refractivity contribution is 5.90.